The number of amides is 1. The molecule has 0 radical (unpaired) electrons. The lowest BCUT2D eigenvalue weighted by Crippen LogP contribution is -2.24. The van der Waals surface area contributed by atoms with Gasteiger partial charge in [-0.15, -0.1) is 0 Å². The fraction of sp³-hybridized carbons (Fsp3) is 0.238. The lowest BCUT2D eigenvalue weighted by atomic mass is 10.1. The van der Waals surface area contributed by atoms with E-state index in [0.29, 0.717) is 39.4 Å². The number of methoxy groups -OCH3 is 3. The Kier molecular flexibility index (Phi) is 5.63. The second-order valence-corrected chi connectivity index (χ2v) is 6.17. The van der Waals surface area contributed by atoms with Crippen molar-refractivity contribution in [3.05, 3.63) is 59.0 Å². The minimum atomic E-state index is -0.362. The number of nitrogens with zero attached hydrogens (tertiary/aromatic N) is 1. The van der Waals surface area contributed by atoms with E-state index in [2.05, 4.69) is 10.3 Å². The van der Waals surface area contributed by atoms with Crippen molar-refractivity contribution < 1.29 is 23.4 Å². The second-order valence-electron chi connectivity index (χ2n) is 6.17. The van der Waals surface area contributed by atoms with Crippen molar-refractivity contribution in [1.29, 1.82) is 0 Å². The van der Waals surface area contributed by atoms with Crippen LogP contribution in [0, 0.1) is 12.7 Å². The molecule has 0 aliphatic heterocycles. The third-order valence-corrected chi connectivity index (χ3v) is 4.39. The Morgan fingerprint density at radius 1 is 1.04 bits per heavy atom. The number of halogens is 1. The van der Waals surface area contributed by atoms with Crippen molar-refractivity contribution in [2.45, 2.75) is 13.5 Å². The van der Waals surface area contributed by atoms with E-state index in [-0.39, 0.29) is 18.3 Å². The van der Waals surface area contributed by atoms with E-state index in [9.17, 15) is 9.18 Å². The van der Waals surface area contributed by atoms with Gasteiger partial charge in [-0.1, -0.05) is 0 Å². The number of pyridine rings is 1. The van der Waals surface area contributed by atoms with Crippen molar-refractivity contribution in [2.75, 3.05) is 21.3 Å². The highest BCUT2D eigenvalue weighted by Crippen LogP contribution is 2.38. The molecule has 1 amide bonds. The maximum Gasteiger partial charge on any atom is 0.253 e. The number of rotatable bonds is 6. The Labute approximate surface area is 162 Å². The monoisotopic (exact) mass is 384 g/mol. The Morgan fingerprint density at radius 2 is 1.71 bits per heavy atom. The van der Waals surface area contributed by atoms with E-state index in [0.717, 1.165) is 5.56 Å². The second kappa shape index (κ2) is 8.12. The molecule has 0 atom stereocenters. The molecule has 0 unspecified atom stereocenters. The van der Waals surface area contributed by atoms with Crippen molar-refractivity contribution in [3.8, 4) is 17.2 Å². The lowest BCUT2D eigenvalue weighted by molar-refractivity contribution is 0.0950. The molecule has 6 nitrogen and oxygen atoms in total. The molecule has 0 saturated carbocycles. The first-order valence-electron chi connectivity index (χ1n) is 8.60. The SMILES string of the molecule is COc1cc(CNC(=O)c2cc3ccc(F)cc3nc2C)cc(OC)c1OC. The smallest absolute Gasteiger partial charge is 0.253 e. The van der Waals surface area contributed by atoms with Crippen LogP contribution in [0.3, 0.4) is 0 Å². The van der Waals surface area contributed by atoms with Crippen LogP contribution in [0.5, 0.6) is 17.2 Å². The van der Waals surface area contributed by atoms with Gasteiger partial charge in [0.05, 0.1) is 38.1 Å². The van der Waals surface area contributed by atoms with Gasteiger partial charge in [0.2, 0.25) is 5.75 Å². The van der Waals surface area contributed by atoms with Crippen LogP contribution in [0.4, 0.5) is 4.39 Å². The summed E-state index contributed by atoms with van der Waals surface area (Å²) < 4.78 is 29.3. The van der Waals surface area contributed by atoms with Gasteiger partial charge in [0.25, 0.3) is 5.91 Å². The number of nitrogens with one attached hydrogen (secondary N) is 1. The quantitative estimate of drug-likeness (QED) is 0.703. The van der Waals surface area contributed by atoms with E-state index in [1.807, 2.05) is 0 Å². The number of hydrogen-bond donors (Lipinski definition) is 1. The summed E-state index contributed by atoms with van der Waals surface area (Å²) >= 11 is 0. The van der Waals surface area contributed by atoms with Gasteiger partial charge in [-0.25, -0.2) is 4.39 Å². The molecule has 0 aliphatic rings. The predicted molar refractivity (Wildman–Crippen MR) is 104 cm³/mol. The molecule has 146 valence electrons. The van der Waals surface area contributed by atoms with Crippen LogP contribution in [-0.4, -0.2) is 32.2 Å². The highest BCUT2D eigenvalue weighted by molar-refractivity contribution is 5.98. The van der Waals surface area contributed by atoms with Gasteiger partial charge in [0.1, 0.15) is 5.82 Å². The number of carbonyl (C=O) groups excluding carboxylic acids is 1. The normalized spacial score (nSPS) is 10.6. The van der Waals surface area contributed by atoms with E-state index in [1.54, 1.807) is 31.2 Å². The molecule has 0 fully saturated rings. The summed E-state index contributed by atoms with van der Waals surface area (Å²) in [5, 5.41) is 3.57. The van der Waals surface area contributed by atoms with Gasteiger partial charge in [0.15, 0.2) is 11.5 Å². The van der Waals surface area contributed by atoms with Crippen molar-refractivity contribution >= 4 is 16.8 Å². The molecular formula is C21H21FN2O4. The van der Waals surface area contributed by atoms with E-state index in [4.69, 9.17) is 14.2 Å². The average Bonchev–Trinajstić information content (AvgIpc) is 2.70. The summed E-state index contributed by atoms with van der Waals surface area (Å²) in [5.74, 6) is 0.874. The molecule has 0 spiro atoms. The molecule has 0 aliphatic carbocycles. The topological polar surface area (TPSA) is 69.7 Å². The molecular weight excluding hydrogens is 363 g/mol. The molecule has 3 rings (SSSR count). The Morgan fingerprint density at radius 3 is 2.32 bits per heavy atom. The Balaban J connectivity index is 1.83. The summed E-state index contributed by atoms with van der Waals surface area (Å²) in [6.45, 7) is 1.98. The summed E-state index contributed by atoms with van der Waals surface area (Å²) in [6.07, 6.45) is 0. The maximum atomic E-state index is 13.4. The predicted octanol–water partition coefficient (Wildman–Crippen LogP) is 3.64. The van der Waals surface area contributed by atoms with Gasteiger partial charge in [-0.05, 0) is 42.8 Å². The van der Waals surface area contributed by atoms with Crippen molar-refractivity contribution in [1.82, 2.24) is 10.3 Å². The molecule has 1 N–H and O–H groups in total. The van der Waals surface area contributed by atoms with Crippen molar-refractivity contribution in [2.24, 2.45) is 0 Å². The van der Waals surface area contributed by atoms with Crippen LogP contribution in [0.1, 0.15) is 21.6 Å². The van der Waals surface area contributed by atoms with Crippen molar-refractivity contribution in [3.63, 3.8) is 0 Å². The van der Waals surface area contributed by atoms with Gasteiger partial charge < -0.3 is 19.5 Å². The molecule has 7 heteroatoms. The van der Waals surface area contributed by atoms with Crippen LogP contribution in [0.25, 0.3) is 10.9 Å². The first kappa shape index (κ1) is 19.4. The van der Waals surface area contributed by atoms with E-state index >= 15 is 0 Å². The summed E-state index contributed by atoms with van der Waals surface area (Å²) in [4.78, 5) is 17.0. The highest BCUT2D eigenvalue weighted by atomic mass is 19.1. The number of carbonyl (C=O) groups is 1. The number of aryl methyl sites for hydroxylation is 1. The van der Waals surface area contributed by atoms with Gasteiger partial charge in [-0.2, -0.15) is 0 Å². The fourth-order valence-corrected chi connectivity index (χ4v) is 2.98. The van der Waals surface area contributed by atoms with Crippen LogP contribution in [-0.2, 0) is 6.54 Å². The van der Waals surface area contributed by atoms with E-state index in [1.165, 1.54) is 33.5 Å². The number of fused-ring (bicyclic) bond motifs is 1. The lowest BCUT2D eigenvalue weighted by Gasteiger charge is -2.15. The van der Waals surface area contributed by atoms with Crippen LogP contribution < -0.4 is 19.5 Å². The van der Waals surface area contributed by atoms with Crippen LogP contribution >= 0.6 is 0 Å². The first-order chi connectivity index (χ1) is 13.5. The molecule has 3 aromatic rings. The molecule has 0 bridgehead atoms. The summed E-state index contributed by atoms with van der Waals surface area (Å²) in [5.41, 5.74) is 2.27. The van der Waals surface area contributed by atoms with Gasteiger partial charge in [-0.3, -0.25) is 9.78 Å². The maximum absolute atomic E-state index is 13.4. The number of benzene rings is 2. The zero-order valence-corrected chi connectivity index (χ0v) is 16.1. The highest BCUT2D eigenvalue weighted by Gasteiger charge is 2.15. The zero-order valence-electron chi connectivity index (χ0n) is 16.1. The number of ether oxygens (including phenoxy) is 3. The number of hydrogen-bond acceptors (Lipinski definition) is 5. The molecule has 1 aromatic heterocycles. The average molecular weight is 384 g/mol. The minimum Gasteiger partial charge on any atom is -0.493 e. The standard InChI is InChI=1S/C21H21FN2O4/c1-12-16(9-14-5-6-15(22)10-17(14)24-12)21(25)23-11-13-7-18(26-2)20(28-4)19(8-13)27-3/h5-10H,11H2,1-4H3,(H,23,25). The Hall–Kier alpha value is -3.35. The van der Waals surface area contributed by atoms with Crippen LogP contribution in [0.2, 0.25) is 0 Å². The summed E-state index contributed by atoms with van der Waals surface area (Å²) in [6, 6.07) is 9.55. The Bertz CT molecular complexity index is 1010. The third-order valence-electron chi connectivity index (χ3n) is 4.39. The minimum absolute atomic E-state index is 0.260. The molecule has 0 saturated heterocycles. The largest absolute Gasteiger partial charge is 0.493 e. The summed E-state index contributed by atoms with van der Waals surface area (Å²) in [7, 11) is 4.60. The van der Waals surface area contributed by atoms with E-state index < -0.39 is 0 Å². The zero-order chi connectivity index (χ0) is 20.3. The van der Waals surface area contributed by atoms with Gasteiger partial charge >= 0.3 is 0 Å². The number of aromatic nitrogens is 1. The molecule has 28 heavy (non-hydrogen) atoms. The first-order valence-corrected chi connectivity index (χ1v) is 8.60. The molecule has 2 aromatic carbocycles. The molecule has 1 heterocycles. The van der Waals surface area contributed by atoms with Gasteiger partial charge in [0, 0.05) is 18.0 Å². The fourth-order valence-electron chi connectivity index (χ4n) is 2.98. The van der Waals surface area contributed by atoms with Crippen LogP contribution in [0.15, 0.2) is 36.4 Å². The third kappa shape index (κ3) is 3.83.